The van der Waals surface area contributed by atoms with E-state index in [1.54, 1.807) is 47.2 Å². The van der Waals surface area contributed by atoms with Crippen molar-refractivity contribution in [3.05, 3.63) is 64.8 Å². The molecule has 31 heavy (non-hydrogen) atoms. The van der Waals surface area contributed by atoms with Crippen molar-refractivity contribution in [2.75, 3.05) is 18.5 Å². The summed E-state index contributed by atoms with van der Waals surface area (Å²) in [5.41, 5.74) is 3.55. The molecule has 2 N–H and O–H groups in total. The van der Waals surface area contributed by atoms with Crippen LogP contribution >= 0.6 is 0 Å². The van der Waals surface area contributed by atoms with Crippen LogP contribution in [0.2, 0.25) is 0 Å². The Morgan fingerprint density at radius 2 is 2.13 bits per heavy atom. The molecular weight excluding hydrogens is 400 g/mol. The summed E-state index contributed by atoms with van der Waals surface area (Å²) in [7, 11) is 1.57. The van der Waals surface area contributed by atoms with Gasteiger partial charge in [-0.25, -0.2) is 4.79 Å². The van der Waals surface area contributed by atoms with Gasteiger partial charge >= 0.3 is 6.03 Å². The molecule has 0 saturated carbocycles. The van der Waals surface area contributed by atoms with Crippen molar-refractivity contribution < 1.29 is 19.2 Å². The molecule has 162 valence electrons. The van der Waals surface area contributed by atoms with Gasteiger partial charge < -0.3 is 19.8 Å². The van der Waals surface area contributed by atoms with Crippen LogP contribution in [0.3, 0.4) is 0 Å². The number of hydrogen-bond acceptors (Lipinski definition) is 6. The van der Waals surface area contributed by atoms with E-state index < -0.39 is 6.23 Å². The van der Waals surface area contributed by atoms with Gasteiger partial charge in [0.05, 0.1) is 30.7 Å². The largest absolute Gasteiger partial charge is 0.371 e. The normalized spacial score (nSPS) is 16.3. The third-order valence-corrected chi connectivity index (χ3v) is 5.35. The number of carbonyl (C=O) groups excluding carboxylic acids is 2. The van der Waals surface area contributed by atoms with E-state index >= 15 is 0 Å². The van der Waals surface area contributed by atoms with Crippen LogP contribution in [-0.2, 0) is 13.1 Å². The number of aliphatic hydroxyl groups is 1. The zero-order valence-corrected chi connectivity index (χ0v) is 17.6. The Hall–Kier alpha value is -3.66. The van der Waals surface area contributed by atoms with Gasteiger partial charge in [0.25, 0.3) is 5.91 Å². The monoisotopic (exact) mass is 424 g/mol. The van der Waals surface area contributed by atoms with Gasteiger partial charge in [-0.1, -0.05) is 17.3 Å². The number of rotatable bonds is 6. The first-order chi connectivity index (χ1) is 14.9. The smallest absolute Gasteiger partial charge is 0.327 e. The molecule has 1 unspecified atom stereocenters. The van der Waals surface area contributed by atoms with Crippen LogP contribution in [0, 0.1) is 13.8 Å². The van der Waals surface area contributed by atoms with Gasteiger partial charge in [0.2, 0.25) is 0 Å². The molecule has 1 aliphatic heterocycles. The summed E-state index contributed by atoms with van der Waals surface area (Å²) in [6.45, 7) is 4.59. The minimum Gasteiger partial charge on any atom is -0.371 e. The highest BCUT2D eigenvalue weighted by Crippen LogP contribution is 2.25. The summed E-state index contributed by atoms with van der Waals surface area (Å²) < 4.78 is 6.86. The minimum absolute atomic E-state index is 0.151. The molecule has 10 nitrogen and oxygen atoms in total. The Labute approximate surface area is 179 Å². The lowest BCUT2D eigenvalue weighted by Crippen LogP contribution is -2.34. The number of benzene rings is 1. The third-order valence-electron chi connectivity index (χ3n) is 5.35. The van der Waals surface area contributed by atoms with Gasteiger partial charge in [-0.15, -0.1) is 0 Å². The maximum Gasteiger partial charge on any atom is 0.327 e. The Morgan fingerprint density at radius 1 is 1.32 bits per heavy atom. The van der Waals surface area contributed by atoms with E-state index in [-0.39, 0.29) is 25.0 Å². The zero-order chi connectivity index (χ0) is 22.1. The second-order valence-electron chi connectivity index (χ2n) is 7.49. The average Bonchev–Trinajstić information content (AvgIpc) is 3.42. The van der Waals surface area contributed by atoms with Crippen molar-refractivity contribution in [3.63, 3.8) is 0 Å². The fraction of sp³-hybridized carbons (Fsp3) is 0.333. The van der Waals surface area contributed by atoms with E-state index in [2.05, 4.69) is 15.6 Å². The quantitative estimate of drug-likeness (QED) is 0.622. The Bertz CT molecular complexity index is 1100. The van der Waals surface area contributed by atoms with Crippen LogP contribution in [0.5, 0.6) is 0 Å². The average molecular weight is 424 g/mol. The number of β-amino-alcohol motifs (C(OH)–C–C–N with tert-alkyl or cyclic N) is 1. The van der Waals surface area contributed by atoms with Gasteiger partial charge in [-0.3, -0.25) is 14.4 Å². The molecule has 1 fully saturated rings. The maximum atomic E-state index is 13.0. The van der Waals surface area contributed by atoms with Crippen LogP contribution in [0.25, 0.3) is 0 Å². The number of aryl methyl sites for hydroxylation is 2. The van der Waals surface area contributed by atoms with Crippen LogP contribution < -0.4 is 10.2 Å². The highest BCUT2D eigenvalue weighted by atomic mass is 16.5. The molecule has 3 heterocycles. The predicted molar refractivity (Wildman–Crippen MR) is 111 cm³/mol. The number of anilines is 1. The molecule has 10 heteroatoms. The lowest BCUT2D eigenvalue weighted by atomic mass is 10.1. The molecule has 3 aromatic rings. The minimum atomic E-state index is -0.994. The Morgan fingerprint density at radius 3 is 2.84 bits per heavy atom. The SMILES string of the molecule is CNC(=O)c1cccc(CN2CC(O)N(c3cnn(Cc4c(C)noc4C)c3)C2=O)c1. The first-order valence-corrected chi connectivity index (χ1v) is 9.88. The van der Waals surface area contributed by atoms with Crippen molar-refractivity contribution >= 4 is 17.6 Å². The number of nitrogens with one attached hydrogen (secondary N) is 1. The van der Waals surface area contributed by atoms with Gasteiger partial charge in [0, 0.05) is 30.9 Å². The number of aromatic nitrogens is 3. The van der Waals surface area contributed by atoms with E-state index in [9.17, 15) is 14.7 Å². The summed E-state index contributed by atoms with van der Waals surface area (Å²) in [5.74, 6) is 0.527. The molecule has 1 aromatic carbocycles. The number of nitrogens with zero attached hydrogens (tertiary/aromatic N) is 5. The van der Waals surface area contributed by atoms with E-state index in [1.165, 1.54) is 4.90 Å². The number of carbonyl (C=O) groups is 2. The summed E-state index contributed by atoms with van der Waals surface area (Å²) in [4.78, 5) is 27.7. The fourth-order valence-electron chi connectivity index (χ4n) is 3.68. The van der Waals surface area contributed by atoms with Crippen LogP contribution in [0.15, 0.2) is 41.2 Å². The highest BCUT2D eigenvalue weighted by Gasteiger charge is 2.37. The van der Waals surface area contributed by atoms with Crippen molar-refractivity contribution in [1.82, 2.24) is 25.2 Å². The molecule has 3 amide bonds. The first-order valence-electron chi connectivity index (χ1n) is 9.88. The number of aliphatic hydroxyl groups excluding tert-OH is 1. The van der Waals surface area contributed by atoms with Gasteiger partial charge in [0.1, 0.15) is 5.76 Å². The van der Waals surface area contributed by atoms with Crippen LogP contribution in [-0.4, -0.2) is 56.7 Å². The molecule has 0 bridgehead atoms. The summed E-state index contributed by atoms with van der Waals surface area (Å²) in [5, 5.41) is 21.4. The molecule has 2 aromatic heterocycles. The van der Waals surface area contributed by atoms with Crippen molar-refractivity contribution in [3.8, 4) is 0 Å². The highest BCUT2D eigenvalue weighted by molar-refractivity contribution is 5.95. The summed E-state index contributed by atoms with van der Waals surface area (Å²) in [6.07, 6.45) is 2.27. The number of urea groups is 1. The summed E-state index contributed by atoms with van der Waals surface area (Å²) in [6, 6.07) is 6.74. The van der Waals surface area contributed by atoms with Crippen LogP contribution in [0.4, 0.5) is 10.5 Å². The number of amides is 3. The van der Waals surface area contributed by atoms with Gasteiger partial charge in [0.15, 0.2) is 6.23 Å². The fourth-order valence-corrected chi connectivity index (χ4v) is 3.68. The van der Waals surface area contributed by atoms with E-state index in [0.29, 0.717) is 17.8 Å². The standard InChI is InChI=1S/C21H24N6O4/c1-13-18(14(2)31-24-13)11-26-10-17(8-23-26)27-19(28)12-25(21(27)30)9-15-5-4-6-16(7-15)20(29)22-3/h4-8,10,19,28H,9,11-12H2,1-3H3,(H,22,29). The molecule has 1 aliphatic rings. The molecule has 1 atom stereocenters. The second kappa shape index (κ2) is 8.23. The predicted octanol–water partition coefficient (Wildman–Crippen LogP) is 1.66. The van der Waals surface area contributed by atoms with E-state index in [1.807, 2.05) is 19.9 Å². The van der Waals surface area contributed by atoms with E-state index in [0.717, 1.165) is 22.6 Å². The Balaban J connectivity index is 1.48. The summed E-state index contributed by atoms with van der Waals surface area (Å²) >= 11 is 0. The van der Waals surface area contributed by atoms with Gasteiger partial charge in [-0.05, 0) is 31.5 Å². The molecule has 0 radical (unpaired) electrons. The van der Waals surface area contributed by atoms with E-state index in [4.69, 9.17) is 4.52 Å². The molecule has 0 spiro atoms. The van der Waals surface area contributed by atoms with Crippen molar-refractivity contribution in [2.24, 2.45) is 0 Å². The molecular formula is C21H24N6O4. The first kappa shape index (κ1) is 20.6. The van der Waals surface area contributed by atoms with Crippen molar-refractivity contribution in [1.29, 1.82) is 0 Å². The number of hydrogen-bond donors (Lipinski definition) is 2. The maximum absolute atomic E-state index is 13.0. The van der Waals surface area contributed by atoms with Crippen molar-refractivity contribution in [2.45, 2.75) is 33.2 Å². The third kappa shape index (κ3) is 4.02. The molecule has 0 aliphatic carbocycles. The second-order valence-corrected chi connectivity index (χ2v) is 7.49. The molecule has 1 saturated heterocycles. The Kier molecular flexibility index (Phi) is 5.47. The zero-order valence-electron chi connectivity index (χ0n) is 17.6. The molecule has 4 rings (SSSR count). The van der Waals surface area contributed by atoms with Crippen LogP contribution in [0.1, 0.15) is 32.9 Å². The van der Waals surface area contributed by atoms with Gasteiger partial charge in [-0.2, -0.15) is 5.10 Å². The lowest BCUT2D eigenvalue weighted by molar-refractivity contribution is 0.0963. The topological polar surface area (TPSA) is 117 Å². The lowest BCUT2D eigenvalue weighted by Gasteiger charge is -2.18.